The summed E-state index contributed by atoms with van der Waals surface area (Å²) < 4.78 is 0. The monoisotopic (exact) mass is 153 g/mol. The molecule has 0 bridgehead atoms. The van der Waals surface area contributed by atoms with Gasteiger partial charge in [-0.05, 0) is 12.3 Å². The second kappa shape index (κ2) is 4.13. The minimum absolute atomic E-state index is 0.854. The van der Waals surface area contributed by atoms with Crippen LogP contribution in [0.5, 0.6) is 0 Å². The standard InChI is InChI=1S/C11H21/c1-4-5-9(2)6-7-11-8-10(11)3/h6,9-11H,4-5,7-8H2,1-3H3/q-1. The van der Waals surface area contributed by atoms with E-state index in [-0.39, 0.29) is 0 Å². The molecule has 66 valence electrons. The van der Waals surface area contributed by atoms with Crippen LogP contribution in [0.2, 0.25) is 0 Å². The van der Waals surface area contributed by atoms with E-state index in [2.05, 4.69) is 27.2 Å². The van der Waals surface area contributed by atoms with Crippen molar-refractivity contribution in [3.05, 3.63) is 6.42 Å². The van der Waals surface area contributed by atoms with Gasteiger partial charge in [0.05, 0.1) is 0 Å². The van der Waals surface area contributed by atoms with E-state index in [1.807, 2.05) is 0 Å². The number of rotatable bonds is 5. The fraction of sp³-hybridized carbons (Fsp3) is 0.909. The third-order valence-electron chi connectivity index (χ3n) is 2.86. The van der Waals surface area contributed by atoms with Gasteiger partial charge in [-0.3, -0.25) is 0 Å². The van der Waals surface area contributed by atoms with E-state index in [0.717, 1.165) is 17.8 Å². The zero-order chi connectivity index (χ0) is 8.27. The third-order valence-corrected chi connectivity index (χ3v) is 2.86. The molecule has 0 N–H and O–H groups in total. The lowest BCUT2D eigenvalue weighted by Crippen LogP contribution is -1.95. The summed E-state index contributed by atoms with van der Waals surface area (Å²) in [5, 5.41) is 0. The summed E-state index contributed by atoms with van der Waals surface area (Å²) >= 11 is 0. The molecule has 1 saturated carbocycles. The van der Waals surface area contributed by atoms with Crippen LogP contribution in [-0.4, -0.2) is 0 Å². The van der Waals surface area contributed by atoms with E-state index >= 15 is 0 Å². The molecular weight excluding hydrogens is 132 g/mol. The van der Waals surface area contributed by atoms with Crippen LogP contribution in [-0.2, 0) is 0 Å². The molecular formula is C11H21-. The van der Waals surface area contributed by atoms with E-state index in [0.29, 0.717) is 0 Å². The Morgan fingerprint density at radius 2 is 2.18 bits per heavy atom. The average molecular weight is 153 g/mol. The first kappa shape index (κ1) is 9.09. The van der Waals surface area contributed by atoms with Crippen LogP contribution < -0.4 is 0 Å². The average Bonchev–Trinajstić information content (AvgIpc) is 2.63. The smallest absolute Gasteiger partial charge is 0.0437 e. The highest BCUT2D eigenvalue weighted by atomic mass is 14.4. The number of hydrogen-bond donors (Lipinski definition) is 0. The first-order chi connectivity index (χ1) is 5.24. The van der Waals surface area contributed by atoms with Crippen molar-refractivity contribution in [3.8, 4) is 0 Å². The van der Waals surface area contributed by atoms with Gasteiger partial charge in [0, 0.05) is 0 Å². The van der Waals surface area contributed by atoms with Gasteiger partial charge in [0.25, 0.3) is 0 Å². The van der Waals surface area contributed by atoms with E-state index in [4.69, 9.17) is 0 Å². The molecule has 0 aromatic carbocycles. The summed E-state index contributed by atoms with van der Waals surface area (Å²) in [5.74, 6) is 2.93. The van der Waals surface area contributed by atoms with Gasteiger partial charge in [0.1, 0.15) is 0 Å². The van der Waals surface area contributed by atoms with Crippen molar-refractivity contribution in [1.82, 2.24) is 0 Å². The van der Waals surface area contributed by atoms with E-state index in [9.17, 15) is 0 Å². The molecule has 3 unspecified atom stereocenters. The molecule has 11 heavy (non-hydrogen) atoms. The van der Waals surface area contributed by atoms with Gasteiger partial charge in [-0.1, -0.05) is 39.5 Å². The lowest BCUT2D eigenvalue weighted by atomic mass is 9.98. The Bertz CT molecular complexity index is 107. The predicted octanol–water partition coefficient (Wildman–Crippen LogP) is 3.67. The third kappa shape index (κ3) is 3.27. The van der Waals surface area contributed by atoms with Crippen molar-refractivity contribution >= 4 is 0 Å². The molecule has 0 nitrogen and oxygen atoms in total. The van der Waals surface area contributed by atoms with Crippen molar-refractivity contribution in [1.29, 1.82) is 0 Å². The maximum atomic E-state index is 2.53. The van der Waals surface area contributed by atoms with E-state index in [1.165, 1.54) is 25.7 Å². The molecule has 3 atom stereocenters. The molecule has 1 rings (SSSR count). The topological polar surface area (TPSA) is 0 Å². The zero-order valence-corrected chi connectivity index (χ0v) is 8.14. The molecule has 0 radical (unpaired) electrons. The molecule has 0 amide bonds. The van der Waals surface area contributed by atoms with Crippen molar-refractivity contribution in [2.75, 3.05) is 0 Å². The van der Waals surface area contributed by atoms with Gasteiger partial charge >= 0.3 is 0 Å². The molecule has 0 aliphatic heterocycles. The van der Waals surface area contributed by atoms with Gasteiger partial charge in [-0.15, -0.1) is 0 Å². The van der Waals surface area contributed by atoms with Gasteiger partial charge in [0.15, 0.2) is 0 Å². The highest BCUT2D eigenvalue weighted by molar-refractivity contribution is 4.88. The molecule has 0 aromatic rings. The maximum Gasteiger partial charge on any atom is -0.0437 e. The Labute approximate surface area is 71.4 Å². The van der Waals surface area contributed by atoms with Gasteiger partial charge < -0.3 is 6.42 Å². The fourth-order valence-corrected chi connectivity index (χ4v) is 1.71. The minimum Gasteiger partial charge on any atom is -0.325 e. The van der Waals surface area contributed by atoms with Crippen LogP contribution in [0.15, 0.2) is 0 Å². The maximum absolute atomic E-state index is 2.53. The molecule has 0 aromatic heterocycles. The van der Waals surface area contributed by atoms with Gasteiger partial charge in [0.2, 0.25) is 0 Å². The molecule has 0 spiro atoms. The van der Waals surface area contributed by atoms with Crippen molar-refractivity contribution in [2.45, 2.75) is 46.5 Å². The number of hydrogen-bond acceptors (Lipinski definition) is 0. The van der Waals surface area contributed by atoms with E-state index in [1.54, 1.807) is 0 Å². The summed E-state index contributed by atoms with van der Waals surface area (Å²) in [6.07, 6.45) is 8.09. The molecule has 0 heteroatoms. The normalized spacial score (nSPS) is 31.9. The highest BCUT2D eigenvalue weighted by Gasteiger charge is 2.28. The Kier molecular flexibility index (Phi) is 3.42. The SMILES string of the molecule is CCCC(C)[CH-]CC1CC1C. The van der Waals surface area contributed by atoms with Crippen molar-refractivity contribution in [2.24, 2.45) is 17.8 Å². The van der Waals surface area contributed by atoms with Crippen LogP contribution in [0.1, 0.15) is 46.5 Å². The summed E-state index contributed by atoms with van der Waals surface area (Å²) in [7, 11) is 0. The van der Waals surface area contributed by atoms with Gasteiger partial charge in [-0.2, -0.15) is 12.3 Å². The predicted molar refractivity (Wildman–Crippen MR) is 50.3 cm³/mol. The second-order valence-corrected chi connectivity index (χ2v) is 4.21. The van der Waals surface area contributed by atoms with Crippen LogP contribution >= 0.6 is 0 Å². The molecule has 0 heterocycles. The van der Waals surface area contributed by atoms with E-state index < -0.39 is 0 Å². The first-order valence-corrected chi connectivity index (χ1v) is 5.07. The minimum atomic E-state index is 0.854. The second-order valence-electron chi connectivity index (χ2n) is 4.21. The Morgan fingerprint density at radius 3 is 2.64 bits per heavy atom. The Hall–Kier alpha value is 0. The van der Waals surface area contributed by atoms with Crippen LogP contribution in [0, 0.1) is 24.2 Å². The molecule has 1 aliphatic carbocycles. The van der Waals surface area contributed by atoms with Crippen molar-refractivity contribution < 1.29 is 0 Å². The fourth-order valence-electron chi connectivity index (χ4n) is 1.71. The largest absolute Gasteiger partial charge is 0.325 e. The molecule has 0 saturated heterocycles. The lowest BCUT2D eigenvalue weighted by Gasteiger charge is -2.20. The molecule has 1 fully saturated rings. The van der Waals surface area contributed by atoms with Crippen LogP contribution in [0.4, 0.5) is 0 Å². The zero-order valence-electron chi connectivity index (χ0n) is 8.14. The first-order valence-electron chi connectivity index (χ1n) is 5.07. The Balaban J connectivity index is 1.94. The summed E-state index contributed by atoms with van der Waals surface area (Å²) in [6.45, 7) is 6.98. The van der Waals surface area contributed by atoms with Gasteiger partial charge in [-0.25, -0.2) is 0 Å². The quantitative estimate of drug-likeness (QED) is 0.529. The summed E-state index contributed by atoms with van der Waals surface area (Å²) in [4.78, 5) is 0. The Morgan fingerprint density at radius 1 is 1.55 bits per heavy atom. The van der Waals surface area contributed by atoms with Crippen LogP contribution in [0.3, 0.4) is 0 Å². The summed E-state index contributed by atoms with van der Waals surface area (Å²) in [5.41, 5.74) is 0. The highest BCUT2D eigenvalue weighted by Crippen LogP contribution is 2.41. The van der Waals surface area contributed by atoms with Crippen molar-refractivity contribution in [3.63, 3.8) is 0 Å². The van der Waals surface area contributed by atoms with Crippen LogP contribution in [0.25, 0.3) is 0 Å². The summed E-state index contributed by atoms with van der Waals surface area (Å²) in [6, 6.07) is 0. The molecule has 1 aliphatic rings. The lowest BCUT2D eigenvalue weighted by molar-refractivity contribution is 0.551.